The number of fused-ring (bicyclic) bond motifs is 1. The van der Waals surface area contributed by atoms with E-state index < -0.39 is 0 Å². The molecule has 1 aromatic carbocycles. The first-order valence-electron chi connectivity index (χ1n) is 8.52. The maximum Gasteiger partial charge on any atom is 0.146 e. The van der Waals surface area contributed by atoms with Crippen LogP contribution in [0, 0.1) is 0 Å². The van der Waals surface area contributed by atoms with Gasteiger partial charge in [0.15, 0.2) is 0 Å². The van der Waals surface area contributed by atoms with Gasteiger partial charge in [0.25, 0.3) is 0 Å². The van der Waals surface area contributed by atoms with E-state index in [2.05, 4.69) is 26.0 Å². The van der Waals surface area contributed by atoms with Gasteiger partial charge in [0.05, 0.1) is 37.3 Å². The Morgan fingerprint density at radius 3 is 2.56 bits per heavy atom. The monoisotopic (exact) mass is 363 g/mol. The van der Waals surface area contributed by atoms with E-state index in [1.54, 1.807) is 18.9 Å². The first kappa shape index (κ1) is 17.0. The third-order valence-corrected chi connectivity index (χ3v) is 4.60. The zero-order chi connectivity index (χ0) is 19.0. The number of aromatic nitrogens is 4. The van der Waals surface area contributed by atoms with Gasteiger partial charge in [-0.15, -0.1) is 0 Å². The summed E-state index contributed by atoms with van der Waals surface area (Å²) in [7, 11) is 7.22. The van der Waals surface area contributed by atoms with Crippen LogP contribution >= 0.6 is 0 Å². The van der Waals surface area contributed by atoms with E-state index in [-0.39, 0.29) is 0 Å². The van der Waals surface area contributed by atoms with Crippen LogP contribution in [0.1, 0.15) is 0 Å². The van der Waals surface area contributed by atoms with Crippen molar-refractivity contribution >= 4 is 22.4 Å². The van der Waals surface area contributed by atoms with Crippen LogP contribution in [0.2, 0.25) is 0 Å². The number of ether oxygens (including phenoxy) is 2. The molecule has 138 valence electrons. The first-order valence-corrected chi connectivity index (χ1v) is 8.52. The Kier molecular flexibility index (Phi) is 4.19. The average molecular weight is 363 g/mol. The normalized spacial score (nSPS) is 11.0. The summed E-state index contributed by atoms with van der Waals surface area (Å²) in [5.74, 6) is 2.17. The summed E-state index contributed by atoms with van der Waals surface area (Å²) in [6.45, 7) is 0. The summed E-state index contributed by atoms with van der Waals surface area (Å²) in [4.78, 5) is 4.54. The SMILES string of the molecule is COc1ccc(Nc2cc3c(cn2)cc(-c2cnn(C)c2)n3C)c(OC)c1. The van der Waals surface area contributed by atoms with E-state index in [1.165, 1.54) is 0 Å². The van der Waals surface area contributed by atoms with Crippen LogP contribution < -0.4 is 14.8 Å². The van der Waals surface area contributed by atoms with Crippen LogP contribution in [0.4, 0.5) is 11.5 Å². The van der Waals surface area contributed by atoms with E-state index in [0.717, 1.165) is 39.4 Å². The van der Waals surface area contributed by atoms with Gasteiger partial charge >= 0.3 is 0 Å². The Hall–Kier alpha value is -3.48. The predicted octanol–water partition coefficient (Wildman–Crippen LogP) is 3.73. The van der Waals surface area contributed by atoms with Crippen LogP contribution in [-0.4, -0.2) is 33.6 Å². The van der Waals surface area contributed by atoms with E-state index in [1.807, 2.05) is 57.0 Å². The highest BCUT2D eigenvalue weighted by Gasteiger charge is 2.12. The molecule has 7 heteroatoms. The van der Waals surface area contributed by atoms with Gasteiger partial charge in [0.2, 0.25) is 0 Å². The van der Waals surface area contributed by atoms with Crippen molar-refractivity contribution in [2.75, 3.05) is 19.5 Å². The van der Waals surface area contributed by atoms with E-state index in [4.69, 9.17) is 9.47 Å². The lowest BCUT2D eigenvalue weighted by Gasteiger charge is -2.12. The van der Waals surface area contributed by atoms with Crippen molar-refractivity contribution in [2.24, 2.45) is 14.1 Å². The molecule has 1 N–H and O–H groups in total. The molecule has 0 bridgehead atoms. The number of hydrogen-bond donors (Lipinski definition) is 1. The van der Waals surface area contributed by atoms with Crippen LogP contribution in [0.15, 0.2) is 48.9 Å². The molecular weight excluding hydrogens is 342 g/mol. The van der Waals surface area contributed by atoms with E-state index in [9.17, 15) is 0 Å². The molecule has 0 aliphatic carbocycles. The number of rotatable bonds is 5. The summed E-state index contributed by atoms with van der Waals surface area (Å²) in [5.41, 5.74) is 4.08. The molecule has 0 amide bonds. The van der Waals surface area contributed by atoms with Gasteiger partial charge in [0.1, 0.15) is 17.3 Å². The second-order valence-electron chi connectivity index (χ2n) is 6.31. The molecule has 0 atom stereocenters. The lowest BCUT2D eigenvalue weighted by molar-refractivity contribution is 0.395. The van der Waals surface area contributed by atoms with Gasteiger partial charge in [-0.25, -0.2) is 4.98 Å². The molecule has 3 heterocycles. The maximum absolute atomic E-state index is 5.45. The fourth-order valence-electron chi connectivity index (χ4n) is 3.17. The smallest absolute Gasteiger partial charge is 0.146 e. The van der Waals surface area contributed by atoms with Gasteiger partial charge in [-0.05, 0) is 18.2 Å². The molecule has 27 heavy (non-hydrogen) atoms. The molecular formula is C20H21N5O2. The second-order valence-corrected chi connectivity index (χ2v) is 6.31. The molecule has 0 radical (unpaired) electrons. The Bertz CT molecular complexity index is 1110. The Balaban J connectivity index is 1.71. The molecule has 3 aromatic heterocycles. The number of aryl methyl sites for hydroxylation is 2. The number of nitrogens with one attached hydrogen (secondary N) is 1. The number of anilines is 2. The molecule has 4 rings (SSSR count). The van der Waals surface area contributed by atoms with Crippen molar-refractivity contribution in [2.45, 2.75) is 0 Å². The molecule has 0 aliphatic rings. The Labute approximate surface area is 157 Å². The van der Waals surface area contributed by atoms with Crippen LogP contribution in [0.3, 0.4) is 0 Å². The number of benzene rings is 1. The van der Waals surface area contributed by atoms with Gasteiger partial charge in [-0.3, -0.25) is 4.68 Å². The highest BCUT2D eigenvalue weighted by molar-refractivity contribution is 5.88. The molecule has 7 nitrogen and oxygen atoms in total. The van der Waals surface area contributed by atoms with Gasteiger partial charge in [-0.2, -0.15) is 5.10 Å². The molecule has 0 unspecified atom stereocenters. The number of methoxy groups -OCH3 is 2. The zero-order valence-electron chi connectivity index (χ0n) is 15.7. The molecule has 0 saturated carbocycles. The average Bonchev–Trinajstić information content (AvgIpc) is 3.25. The summed E-state index contributed by atoms with van der Waals surface area (Å²) in [5, 5.41) is 8.66. The minimum Gasteiger partial charge on any atom is -0.497 e. The topological polar surface area (TPSA) is 66.1 Å². The fourth-order valence-corrected chi connectivity index (χ4v) is 3.17. The minimum absolute atomic E-state index is 0.694. The third-order valence-electron chi connectivity index (χ3n) is 4.60. The summed E-state index contributed by atoms with van der Waals surface area (Å²) in [6.07, 6.45) is 5.74. The quantitative estimate of drug-likeness (QED) is 0.585. The summed E-state index contributed by atoms with van der Waals surface area (Å²) in [6, 6.07) is 9.78. The standard InChI is InChI=1S/C20H21N5O2/c1-24-12-14(11-22-24)17-7-13-10-21-20(9-18(13)25(17)2)23-16-6-5-15(26-3)8-19(16)27-4/h5-12H,1-4H3,(H,21,23). The minimum atomic E-state index is 0.694. The number of pyridine rings is 1. The fraction of sp³-hybridized carbons (Fsp3) is 0.200. The zero-order valence-corrected chi connectivity index (χ0v) is 15.7. The summed E-state index contributed by atoms with van der Waals surface area (Å²) < 4.78 is 14.6. The van der Waals surface area contributed by atoms with Crippen molar-refractivity contribution < 1.29 is 9.47 Å². The van der Waals surface area contributed by atoms with Crippen molar-refractivity contribution in [1.29, 1.82) is 0 Å². The molecule has 4 aromatic rings. The predicted molar refractivity (Wildman–Crippen MR) is 106 cm³/mol. The van der Waals surface area contributed by atoms with Crippen molar-refractivity contribution in [3.63, 3.8) is 0 Å². The van der Waals surface area contributed by atoms with Crippen molar-refractivity contribution in [3.8, 4) is 22.8 Å². The van der Waals surface area contributed by atoms with Gasteiger partial charge in [-0.1, -0.05) is 0 Å². The molecule has 0 aliphatic heterocycles. The van der Waals surface area contributed by atoms with E-state index in [0.29, 0.717) is 5.75 Å². The number of nitrogens with zero attached hydrogens (tertiary/aromatic N) is 4. The lowest BCUT2D eigenvalue weighted by Crippen LogP contribution is -1.98. The largest absolute Gasteiger partial charge is 0.497 e. The Morgan fingerprint density at radius 1 is 1.00 bits per heavy atom. The van der Waals surface area contributed by atoms with Gasteiger partial charge in [0, 0.05) is 49.6 Å². The molecule has 0 saturated heterocycles. The molecule has 0 spiro atoms. The van der Waals surface area contributed by atoms with Gasteiger partial charge < -0.3 is 19.4 Å². The van der Waals surface area contributed by atoms with Crippen molar-refractivity contribution in [1.82, 2.24) is 19.3 Å². The van der Waals surface area contributed by atoms with Crippen LogP contribution in [0.25, 0.3) is 22.2 Å². The van der Waals surface area contributed by atoms with E-state index >= 15 is 0 Å². The second kappa shape index (κ2) is 6.68. The summed E-state index contributed by atoms with van der Waals surface area (Å²) >= 11 is 0. The third kappa shape index (κ3) is 3.08. The van der Waals surface area contributed by atoms with Crippen molar-refractivity contribution in [3.05, 3.63) is 48.9 Å². The first-order chi connectivity index (χ1) is 13.1. The highest BCUT2D eigenvalue weighted by Crippen LogP contribution is 2.33. The van der Waals surface area contributed by atoms with Crippen LogP contribution in [0.5, 0.6) is 11.5 Å². The Morgan fingerprint density at radius 2 is 1.85 bits per heavy atom. The number of hydrogen-bond acceptors (Lipinski definition) is 5. The maximum atomic E-state index is 5.45. The van der Waals surface area contributed by atoms with Crippen LogP contribution in [-0.2, 0) is 14.1 Å². The molecule has 0 fully saturated rings. The lowest BCUT2D eigenvalue weighted by atomic mass is 10.2. The highest BCUT2D eigenvalue weighted by atomic mass is 16.5.